The monoisotopic (exact) mass is 182 g/mol. The normalized spacial score (nSPS) is 26.4. The average Bonchev–Trinajstić information content (AvgIpc) is 2.03. The third-order valence-corrected chi connectivity index (χ3v) is 2.48. The van der Waals surface area contributed by atoms with E-state index in [2.05, 4.69) is 0 Å². The highest BCUT2D eigenvalue weighted by Crippen LogP contribution is 2.29. The second kappa shape index (κ2) is 4.21. The maximum Gasteiger partial charge on any atom is 0.303 e. The molecule has 1 fully saturated rings. The molecule has 0 aromatic heterocycles. The van der Waals surface area contributed by atoms with Gasteiger partial charge in [-0.15, -0.1) is 0 Å². The number of ketones is 1. The first kappa shape index (κ1) is 9.96. The number of carbonyl (C=O) groups is 2. The van der Waals surface area contributed by atoms with Crippen LogP contribution in [0.2, 0.25) is 0 Å². The van der Waals surface area contributed by atoms with Crippen LogP contribution in [0.3, 0.4) is 0 Å². The molecular formula is C10H14O3. The maximum absolute atomic E-state index is 11.1. The fourth-order valence-electron chi connectivity index (χ4n) is 1.79. The van der Waals surface area contributed by atoms with Gasteiger partial charge in [0.15, 0.2) is 0 Å². The highest BCUT2D eigenvalue weighted by molar-refractivity contribution is 5.81. The Bertz CT molecular complexity index is 251. The van der Waals surface area contributed by atoms with Crippen molar-refractivity contribution in [3.05, 3.63) is 11.6 Å². The molecule has 13 heavy (non-hydrogen) atoms. The molecule has 1 unspecified atom stereocenters. The quantitative estimate of drug-likeness (QED) is 0.662. The van der Waals surface area contributed by atoms with Crippen molar-refractivity contribution in [3.63, 3.8) is 0 Å². The summed E-state index contributed by atoms with van der Waals surface area (Å²) in [5.41, 5.74) is 1.13. The number of allylic oxidation sites excluding steroid dienone is 2. The second-order valence-electron chi connectivity index (χ2n) is 3.40. The summed E-state index contributed by atoms with van der Waals surface area (Å²) >= 11 is 0. The van der Waals surface area contributed by atoms with Crippen molar-refractivity contribution in [2.45, 2.75) is 32.6 Å². The number of carbonyl (C=O) groups excluding carboxylic acids is 1. The predicted molar refractivity (Wildman–Crippen MR) is 48.4 cm³/mol. The van der Waals surface area contributed by atoms with Crippen LogP contribution in [0.1, 0.15) is 32.6 Å². The lowest BCUT2D eigenvalue weighted by atomic mass is 9.81. The second-order valence-corrected chi connectivity index (χ2v) is 3.40. The Labute approximate surface area is 77.4 Å². The van der Waals surface area contributed by atoms with E-state index in [4.69, 9.17) is 5.11 Å². The van der Waals surface area contributed by atoms with Crippen LogP contribution in [0.4, 0.5) is 0 Å². The molecule has 1 saturated carbocycles. The zero-order valence-electron chi connectivity index (χ0n) is 7.75. The van der Waals surface area contributed by atoms with Crippen LogP contribution in [0.15, 0.2) is 11.6 Å². The average molecular weight is 182 g/mol. The highest BCUT2D eigenvalue weighted by Gasteiger charge is 2.25. The van der Waals surface area contributed by atoms with E-state index in [1.54, 1.807) is 0 Å². The predicted octanol–water partition coefficient (Wildman–Crippen LogP) is 1.78. The minimum absolute atomic E-state index is 0.0521. The summed E-state index contributed by atoms with van der Waals surface area (Å²) in [6.07, 6.45) is 3.76. The smallest absolute Gasteiger partial charge is 0.303 e. The highest BCUT2D eigenvalue weighted by atomic mass is 16.4. The molecule has 1 rings (SSSR count). The fraction of sp³-hybridized carbons (Fsp3) is 0.600. The van der Waals surface area contributed by atoms with Crippen LogP contribution in [-0.2, 0) is 9.59 Å². The molecule has 0 aliphatic heterocycles. The SMILES string of the molecule is CC=C1CCC(=O)CC1CC(=O)O. The van der Waals surface area contributed by atoms with E-state index in [-0.39, 0.29) is 18.1 Å². The number of carboxylic acids is 1. The third-order valence-electron chi connectivity index (χ3n) is 2.48. The summed E-state index contributed by atoms with van der Waals surface area (Å²) in [4.78, 5) is 21.6. The first-order chi connectivity index (χ1) is 6.13. The van der Waals surface area contributed by atoms with Crippen LogP contribution in [0, 0.1) is 5.92 Å². The molecule has 0 bridgehead atoms. The minimum atomic E-state index is -0.820. The van der Waals surface area contributed by atoms with Gasteiger partial charge in [-0.2, -0.15) is 0 Å². The van der Waals surface area contributed by atoms with Gasteiger partial charge in [0.05, 0.1) is 6.42 Å². The van der Waals surface area contributed by atoms with Crippen molar-refractivity contribution in [2.75, 3.05) is 0 Å². The maximum atomic E-state index is 11.1. The topological polar surface area (TPSA) is 54.4 Å². The summed E-state index contributed by atoms with van der Waals surface area (Å²) in [6, 6.07) is 0. The van der Waals surface area contributed by atoms with Crippen LogP contribution in [0.5, 0.6) is 0 Å². The number of hydrogen-bond acceptors (Lipinski definition) is 2. The van der Waals surface area contributed by atoms with E-state index in [1.807, 2.05) is 13.0 Å². The Morgan fingerprint density at radius 3 is 2.85 bits per heavy atom. The van der Waals surface area contributed by atoms with Crippen molar-refractivity contribution in [3.8, 4) is 0 Å². The Morgan fingerprint density at radius 1 is 1.62 bits per heavy atom. The summed E-state index contributed by atoms with van der Waals surface area (Å²) in [5, 5.41) is 8.63. The van der Waals surface area contributed by atoms with E-state index in [0.717, 1.165) is 12.0 Å². The van der Waals surface area contributed by atoms with Gasteiger partial charge in [0, 0.05) is 12.8 Å². The van der Waals surface area contributed by atoms with Gasteiger partial charge in [-0.3, -0.25) is 9.59 Å². The van der Waals surface area contributed by atoms with Gasteiger partial charge in [-0.25, -0.2) is 0 Å². The molecule has 0 saturated heterocycles. The van der Waals surface area contributed by atoms with Gasteiger partial charge >= 0.3 is 5.97 Å². The van der Waals surface area contributed by atoms with Crippen LogP contribution >= 0.6 is 0 Å². The molecule has 0 aromatic carbocycles. The van der Waals surface area contributed by atoms with Gasteiger partial charge in [0.2, 0.25) is 0 Å². The van der Waals surface area contributed by atoms with E-state index >= 15 is 0 Å². The molecule has 0 radical (unpaired) electrons. The van der Waals surface area contributed by atoms with E-state index in [0.29, 0.717) is 12.8 Å². The molecule has 1 N–H and O–H groups in total. The lowest BCUT2D eigenvalue weighted by Crippen LogP contribution is -2.20. The molecule has 1 aliphatic rings. The van der Waals surface area contributed by atoms with Crippen molar-refractivity contribution in [2.24, 2.45) is 5.92 Å². The van der Waals surface area contributed by atoms with Crippen LogP contribution in [-0.4, -0.2) is 16.9 Å². The summed E-state index contributed by atoms with van der Waals surface area (Å²) in [5.74, 6) is -0.681. The fourth-order valence-corrected chi connectivity index (χ4v) is 1.79. The number of carboxylic acid groups (broad SMARTS) is 1. The van der Waals surface area contributed by atoms with Gasteiger partial charge in [-0.05, 0) is 19.3 Å². The first-order valence-electron chi connectivity index (χ1n) is 4.52. The van der Waals surface area contributed by atoms with Crippen LogP contribution in [0.25, 0.3) is 0 Å². The van der Waals surface area contributed by atoms with Gasteiger partial charge in [0.25, 0.3) is 0 Å². The zero-order chi connectivity index (χ0) is 9.84. The van der Waals surface area contributed by atoms with Crippen molar-refractivity contribution in [1.29, 1.82) is 0 Å². The van der Waals surface area contributed by atoms with E-state index < -0.39 is 5.97 Å². The molecule has 0 aromatic rings. The van der Waals surface area contributed by atoms with Crippen molar-refractivity contribution < 1.29 is 14.7 Å². The Balaban J connectivity index is 2.65. The van der Waals surface area contributed by atoms with Gasteiger partial charge in [0.1, 0.15) is 5.78 Å². The first-order valence-corrected chi connectivity index (χ1v) is 4.52. The summed E-state index contributed by atoms with van der Waals surface area (Å²) in [7, 11) is 0. The molecule has 0 heterocycles. The molecule has 72 valence electrons. The number of hydrogen-bond donors (Lipinski definition) is 1. The molecule has 1 atom stereocenters. The minimum Gasteiger partial charge on any atom is -0.481 e. The number of Topliss-reactive ketones (excluding diaryl/α,β-unsaturated/α-hetero) is 1. The molecule has 1 aliphatic carbocycles. The molecular weight excluding hydrogens is 168 g/mol. The van der Waals surface area contributed by atoms with Crippen molar-refractivity contribution in [1.82, 2.24) is 0 Å². The molecule has 3 heteroatoms. The summed E-state index contributed by atoms with van der Waals surface area (Å²) in [6.45, 7) is 1.90. The lowest BCUT2D eigenvalue weighted by Gasteiger charge is -2.22. The van der Waals surface area contributed by atoms with Gasteiger partial charge < -0.3 is 5.11 Å². The Morgan fingerprint density at radius 2 is 2.31 bits per heavy atom. The van der Waals surface area contributed by atoms with Crippen LogP contribution < -0.4 is 0 Å². The zero-order valence-corrected chi connectivity index (χ0v) is 7.75. The summed E-state index contributed by atoms with van der Waals surface area (Å²) < 4.78 is 0. The number of aliphatic carboxylic acids is 1. The van der Waals surface area contributed by atoms with E-state index in [1.165, 1.54) is 0 Å². The largest absolute Gasteiger partial charge is 0.481 e. The third kappa shape index (κ3) is 2.68. The molecule has 0 amide bonds. The standard InChI is InChI=1S/C10H14O3/c1-2-7-3-4-9(11)5-8(7)6-10(12)13/h2,8H,3-6H2,1H3,(H,12,13). The van der Waals surface area contributed by atoms with Gasteiger partial charge in [-0.1, -0.05) is 11.6 Å². The van der Waals surface area contributed by atoms with E-state index in [9.17, 15) is 9.59 Å². The molecule has 3 nitrogen and oxygen atoms in total. The van der Waals surface area contributed by atoms with Crippen molar-refractivity contribution >= 4 is 11.8 Å². The Kier molecular flexibility index (Phi) is 3.23. The Hall–Kier alpha value is -1.12. The lowest BCUT2D eigenvalue weighted by molar-refractivity contribution is -0.138. The molecule has 0 spiro atoms. The number of rotatable bonds is 2.